The Hall–Kier alpha value is -0.930. The molecular formula is C15H25N3. The van der Waals surface area contributed by atoms with Gasteiger partial charge in [-0.2, -0.15) is 0 Å². The Labute approximate surface area is 111 Å². The first-order chi connectivity index (χ1) is 8.63. The van der Waals surface area contributed by atoms with E-state index >= 15 is 0 Å². The van der Waals surface area contributed by atoms with Crippen LogP contribution in [0.25, 0.3) is 0 Å². The highest BCUT2D eigenvalue weighted by atomic mass is 15.1. The molecule has 1 aliphatic carbocycles. The number of aryl methyl sites for hydroxylation is 1. The summed E-state index contributed by atoms with van der Waals surface area (Å²) in [7, 11) is 2.18. The number of hydrogen-bond acceptors (Lipinski definition) is 3. The van der Waals surface area contributed by atoms with Crippen LogP contribution in [-0.4, -0.2) is 36.1 Å². The fourth-order valence-electron chi connectivity index (χ4n) is 2.28. The molecule has 1 heterocycles. The van der Waals surface area contributed by atoms with Gasteiger partial charge in [0.25, 0.3) is 0 Å². The minimum Gasteiger partial charge on any atom is -0.314 e. The molecule has 0 radical (unpaired) electrons. The Morgan fingerprint density at radius 3 is 2.89 bits per heavy atom. The topological polar surface area (TPSA) is 28.2 Å². The van der Waals surface area contributed by atoms with Crippen LogP contribution in [-0.2, 0) is 6.54 Å². The average molecular weight is 247 g/mol. The second-order valence-corrected chi connectivity index (χ2v) is 5.75. The van der Waals surface area contributed by atoms with E-state index in [0.29, 0.717) is 5.92 Å². The third-order valence-electron chi connectivity index (χ3n) is 3.33. The zero-order valence-corrected chi connectivity index (χ0v) is 11.8. The monoisotopic (exact) mass is 247 g/mol. The number of rotatable bonds is 7. The minimum absolute atomic E-state index is 0.695. The normalized spacial score (nSPS) is 17.1. The van der Waals surface area contributed by atoms with E-state index in [1.807, 2.05) is 13.0 Å². The van der Waals surface area contributed by atoms with Gasteiger partial charge >= 0.3 is 0 Å². The van der Waals surface area contributed by atoms with E-state index in [1.54, 1.807) is 0 Å². The van der Waals surface area contributed by atoms with Crippen LogP contribution in [0.3, 0.4) is 0 Å². The Morgan fingerprint density at radius 2 is 2.22 bits per heavy atom. The van der Waals surface area contributed by atoms with Gasteiger partial charge in [0.2, 0.25) is 0 Å². The fourth-order valence-corrected chi connectivity index (χ4v) is 2.28. The molecule has 1 atom stereocenters. The Balaban J connectivity index is 1.71. The van der Waals surface area contributed by atoms with E-state index in [-0.39, 0.29) is 0 Å². The smallest absolute Gasteiger partial charge is 0.0547 e. The summed E-state index contributed by atoms with van der Waals surface area (Å²) >= 11 is 0. The third kappa shape index (κ3) is 4.75. The molecule has 1 saturated carbocycles. The van der Waals surface area contributed by atoms with Gasteiger partial charge < -0.3 is 10.2 Å². The molecule has 1 aliphatic rings. The van der Waals surface area contributed by atoms with Crippen LogP contribution in [0.4, 0.5) is 0 Å². The van der Waals surface area contributed by atoms with Crippen molar-refractivity contribution in [3.8, 4) is 0 Å². The maximum Gasteiger partial charge on any atom is 0.0547 e. The molecule has 1 aromatic rings. The Bertz CT molecular complexity index is 374. The van der Waals surface area contributed by atoms with Crippen molar-refractivity contribution in [3.05, 3.63) is 29.6 Å². The standard InChI is InChI=1S/C15H25N3/c1-12(9-16-14-7-8-14)10-18(3)11-15-6-4-5-13(2)17-15/h4-6,12,14,16H,7-11H2,1-3H3. The number of nitrogens with zero attached hydrogens (tertiary/aromatic N) is 2. The van der Waals surface area contributed by atoms with Gasteiger partial charge in [0.05, 0.1) is 5.69 Å². The summed E-state index contributed by atoms with van der Waals surface area (Å²) in [4.78, 5) is 6.91. The first kappa shape index (κ1) is 13.5. The largest absolute Gasteiger partial charge is 0.314 e. The second-order valence-electron chi connectivity index (χ2n) is 5.75. The number of hydrogen-bond donors (Lipinski definition) is 1. The summed E-state index contributed by atoms with van der Waals surface area (Å²) in [6.45, 7) is 7.56. The van der Waals surface area contributed by atoms with Crippen molar-refractivity contribution in [2.75, 3.05) is 20.1 Å². The van der Waals surface area contributed by atoms with Gasteiger partial charge in [-0.1, -0.05) is 13.0 Å². The molecule has 18 heavy (non-hydrogen) atoms. The maximum atomic E-state index is 4.55. The lowest BCUT2D eigenvalue weighted by molar-refractivity contribution is 0.271. The van der Waals surface area contributed by atoms with Crippen LogP contribution in [0, 0.1) is 12.8 Å². The van der Waals surface area contributed by atoms with E-state index in [1.165, 1.54) is 18.5 Å². The highest BCUT2D eigenvalue weighted by Gasteiger charge is 2.21. The SMILES string of the molecule is Cc1cccc(CN(C)CC(C)CNC2CC2)n1. The van der Waals surface area contributed by atoms with Crippen LogP contribution in [0.15, 0.2) is 18.2 Å². The van der Waals surface area contributed by atoms with Crippen molar-refractivity contribution >= 4 is 0 Å². The molecule has 0 spiro atoms. The van der Waals surface area contributed by atoms with Crippen LogP contribution in [0.5, 0.6) is 0 Å². The lowest BCUT2D eigenvalue weighted by atomic mass is 10.1. The lowest BCUT2D eigenvalue weighted by Gasteiger charge is -2.21. The predicted octanol–water partition coefficient (Wildman–Crippen LogP) is 2.21. The van der Waals surface area contributed by atoms with Crippen LogP contribution < -0.4 is 5.32 Å². The average Bonchev–Trinajstić information content (AvgIpc) is 3.09. The van der Waals surface area contributed by atoms with Crippen molar-refractivity contribution in [1.29, 1.82) is 0 Å². The van der Waals surface area contributed by atoms with Gasteiger partial charge in [0, 0.05) is 24.8 Å². The summed E-state index contributed by atoms with van der Waals surface area (Å²) in [5, 5.41) is 3.59. The van der Waals surface area contributed by atoms with E-state index in [9.17, 15) is 0 Å². The summed E-state index contributed by atoms with van der Waals surface area (Å²) in [6.07, 6.45) is 2.74. The molecule has 2 rings (SSSR count). The predicted molar refractivity (Wildman–Crippen MR) is 75.5 cm³/mol. The molecule has 100 valence electrons. The molecule has 1 aromatic heterocycles. The van der Waals surface area contributed by atoms with Crippen molar-refractivity contribution < 1.29 is 0 Å². The summed E-state index contributed by atoms with van der Waals surface area (Å²) in [5.41, 5.74) is 2.27. The van der Waals surface area contributed by atoms with Crippen LogP contribution in [0.1, 0.15) is 31.2 Å². The molecule has 3 heteroatoms. The highest BCUT2D eigenvalue weighted by molar-refractivity contribution is 5.09. The summed E-state index contributed by atoms with van der Waals surface area (Å²) in [5.74, 6) is 0.695. The number of aromatic nitrogens is 1. The molecule has 0 amide bonds. The molecule has 0 aromatic carbocycles. The molecule has 0 saturated heterocycles. The highest BCUT2D eigenvalue weighted by Crippen LogP contribution is 2.18. The molecule has 1 fully saturated rings. The van der Waals surface area contributed by atoms with E-state index in [0.717, 1.165) is 31.4 Å². The van der Waals surface area contributed by atoms with E-state index in [4.69, 9.17) is 0 Å². The first-order valence-electron chi connectivity index (χ1n) is 6.98. The Kier molecular flexibility index (Phi) is 4.72. The van der Waals surface area contributed by atoms with Gasteiger partial charge in [-0.15, -0.1) is 0 Å². The summed E-state index contributed by atoms with van der Waals surface area (Å²) in [6, 6.07) is 7.06. The molecule has 0 aliphatic heterocycles. The zero-order chi connectivity index (χ0) is 13.0. The maximum absolute atomic E-state index is 4.55. The van der Waals surface area contributed by atoms with Gasteiger partial charge in [0.15, 0.2) is 0 Å². The van der Waals surface area contributed by atoms with Gasteiger partial charge in [0.1, 0.15) is 0 Å². The van der Waals surface area contributed by atoms with Crippen molar-refractivity contribution in [1.82, 2.24) is 15.2 Å². The van der Waals surface area contributed by atoms with Crippen molar-refractivity contribution in [2.24, 2.45) is 5.92 Å². The third-order valence-corrected chi connectivity index (χ3v) is 3.33. The molecule has 0 bridgehead atoms. The Morgan fingerprint density at radius 1 is 1.44 bits per heavy atom. The zero-order valence-electron chi connectivity index (χ0n) is 11.8. The first-order valence-corrected chi connectivity index (χ1v) is 6.98. The molecule has 3 nitrogen and oxygen atoms in total. The van der Waals surface area contributed by atoms with Gasteiger partial charge in [-0.3, -0.25) is 4.98 Å². The quantitative estimate of drug-likeness (QED) is 0.800. The minimum atomic E-state index is 0.695. The van der Waals surface area contributed by atoms with Crippen LogP contribution in [0.2, 0.25) is 0 Å². The van der Waals surface area contributed by atoms with Crippen molar-refractivity contribution in [3.63, 3.8) is 0 Å². The molecule has 1 N–H and O–H groups in total. The second kappa shape index (κ2) is 6.30. The van der Waals surface area contributed by atoms with Crippen LogP contribution >= 0.6 is 0 Å². The van der Waals surface area contributed by atoms with E-state index in [2.05, 4.69) is 41.3 Å². The molecular weight excluding hydrogens is 222 g/mol. The fraction of sp³-hybridized carbons (Fsp3) is 0.667. The summed E-state index contributed by atoms with van der Waals surface area (Å²) < 4.78 is 0. The van der Waals surface area contributed by atoms with E-state index < -0.39 is 0 Å². The van der Waals surface area contributed by atoms with Gasteiger partial charge in [-0.05, 0) is 51.4 Å². The number of pyridine rings is 1. The number of nitrogens with one attached hydrogen (secondary N) is 1. The molecule has 1 unspecified atom stereocenters. The van der Waals surface area contributed by atoms with Gasteiger partial charge in [-0.25, -0.2) is 0 Å². The van der Waals surface area contributed by atoms with Crippen molar-refractivity contribution in [2.45, 2.75) is 39.3 Å². The lowest BCUT2D eigenvalue weighted by Crippen LogP contribution is -2.31.